The monoisotopic (exact) mass is 384 g/mol. The minimum Gasteiger partial charge on any atom is -0.353 e. The Morgan fingerprint density at radius 1 is 1.14 bits per heavy atom. The third-order valence-corrected chi connectivity index (χ3v) is 6.03. The van der Waals surface area contributed by atoms with Gasteiger partial charge in [0.25, 0.3) is 0 Å². The average Bonchev–Trinajstić information content (AvgIpc) is 3.20. The minimum atomic E-state index is -0.244. The van der Waals surface area contributed by atoms with Gasteiger partial charge in [0.1, 0.15) is 5.82 Å². The number of rotatable bonds is 5. The zero-order valence-corrected chi connectivity index (χ0v) is 16.3. The van der Waals surface area contributed by atoms with Gasteiger partial charge in [-0.3, -0.25) is 9.89 Å². The van der Waals surface area contributed by atoms with Crippen molar-refractivity contribution >= 4 is 11.7 Å². The predicted molar refractivity (Wildman–Crippen MR) is 109 cm³/mol. The molecule has 1 saturated heterocycles. The van der Waals surface area contributed by atoms with Crippen LogP contribution in [0.15, 0.2) is 30.3 Å². The molecule has 0 spiro atoms. The molecule has 1 amide bonds. The first-order valence-electron chi connectivity index (χ1n) is 10.5. The number of nitrogens with one attached hydrogen (secondary N) is 2. The van der Waals surface area contributed by atoms with Crippen molar-refractivity contribution in [1.29, 1.82) is 0 Å². The molecule has 1 atom stereocenters. The van der Waals surface area contributed by atoms with Crippen molar-refractivity contribution in [2.24, 2.45) is 5.92 Å². The fourth-order valence-corrected chi connectivity index (χ4v) is 4.49. The summed E-state index contributed by atoms with van der Waals surface area (Å²) in [6, 6.07) is 8.58. The van der Waals surface area contributed by atoms with E-state index in [9.17, 15) is 9.18 Å². The van der Waals surface area contributed by atoms with Gasteiger partial charge < -0.3 is 10.2 Å². The maximum Gasteiger partial charge on any atom is 0.220 e. The number of carbonyl (C=O) groups excluding carboxylic acids is 1. The summed E-state index contributed by atoms with van der Waals surface area (Å²) in [7, 11) is 0. The van der Waals surface area contributed by atoms with Crippen molar-refractivity contribution in [2.45, 2.75) is 57.4 Å². The number of nitrogens with zero attached hydrogens (tertiary/aromatic N) is 2. The highest BCUT2D eigenvalue weighted by Gasteiger charge is 2.24. The largest absolute Gasteiger partial charge is 0.353 e. The van der Waals surface area contributed by atoms with Gasteiger partial charge in [0.2, 0.25) is 5.91 Å². The molecule has 1 aliphatic carbocycles. The topological polar surface area (TPSA) is 61.0 Å². The van der Waals surface area contributed by atoms with E-state index in [4.69, 9.17) is 0 Å². The zero-order valence-electron chi connectivity index (χ0n) is 16.3. The Balaban J connectivity index is 1.33. The van der Waals surface area contributed by atoms with Gasteiger partial charge in [-0.25, -0.2) is 4.39 Å². The van der Waals surface area contributed by atoms with E-state index in [-0.39, 0.29) is 17.8 Å². The highest BCUT2D eigenvalue weighted by Crippen LogP contribution is 2.27. The summed E-state index contributed by atoms with van der Waals surface area (Å²) in [6.45, 7) is 1.72. The average molecular weight is 384 g/mol. The van der Waals surface area contributed by atoms with Gasteiger partial charge in [-0.15, -0.1) is 0 Å². The second kappa shape index (κ2) is 8.76. The third-order valence-electron chi connectivity index (χ3n) is 6.03. The van der Waals surface area contributed by atoms with E-state index in [2.05, 4.69) is 20.4 Å². The Kier molecular flexibility index (Phi) is 5.93. The lowest BCUT2D eigenvalue weighted by atomic mass is 9.87. The number of carbonyl (C=O) groups is 1. The molecule has 2 N–H and O–H groups in total. The van der Waals surface area contributed by atoms with Gasteiger partial charge in [0.05, 0.1) is 5.69 Å². The normalized spacial score (nSPS) is 20.9. The number of amides is 1. The number of hydrogen-bond acceptors (Lipinski definition) is 3. The van der Waals surface area contributed by atoms with Crippen LogP contribution in [0.2, 0.25) is 0 Å². The molecule has 0 bridgehead atoms. The quantitative estimate of drug-likeness (QED) is 0.809. The third kappa shape index (κ3) is 4.72. The molecule has 1 aliphatic heterocycles. The van der Waals surface area contributed by atoms with Crippen LogP contribution in [-0.4, -0.2) is 35.2 Å². The van der Waals surface area contributed by atoms with Gasteiger partial charge >= 0.3 is 0 Å². The lowest BCUT2D eigenvalue weighted by Crippen LogP contribution is -2.48. The Morgan fingerprint density at radius 2 is 1.93 bits per heavy atom. The molecule has 4 rings (SSSR count). The van der Waals surface area contributed by atoms with E-state index in [0.717, 1.165) is 43.0 Å². The molecule has 0 radical (unpaired) electrons. The molecular weight excluding hydrogens is 355 g/mol. The van der Waals surface area contributed by atoms with Gasteiger partial charge in [-0.1, -0.05) is 19.3 Å². The molecule has 1 aromatic heterocycles. The molecule has 2 aromatic rings. The van der Waals surface area contributed by atoms with E-state index in [1.54, 1.807) is 12.1 Å². The summed E-state index contributed by atoms with van der Waals surface area (Å²) in [4.78, 5) is 14.7. The SMILES string of the molecule is O=C(CC1CCCCC1)NC1CCCN(c2cc(-c3ccc(F)cc3)[nH]n2)C1. The van der Waals surface area contributed by atoms with Crippen LogP contribution in [0.3, 0.4) is 0 Å². The second-order valence-electron chi connectivity index (χ2n) is 8.21. The van der Waals surface area contributed by atoms with Crippen LogP contribution in [0.25, 0.3) is 11.3 Å². The van der Waals surface area contributed by atoms with Gasteiger partial charge in [-0.2, -0.15) is 5.10 Å². The molecule has 2 aliphatic rings. The van der Waals surface area contributed by atoms with Gasteiger partial charge in [-0.05, 0) is 61.4 Å². The van der Waals surface area contributed by atoms with Crippen molar-refractivity contribution in [3.63, 3.8) is 0 Å². The first kappa shape index (κ1) is 19.0. The zero-order chi connectivity index (χ0) is 19.3. The van der Waals surface area contributed by atoms with Gasteiger partial charge in [0, 0.05) is 31.6 Å². The van der Waals surface area contributed by atoms with Crippen molar-refractivity contribution in [3.05, 3.63) is 36.1 Å². The molecule has 28 heavy (non-hydrogen) atoms. The summed E-state index contributed by atoms with van der Waals surface area (Å²) >= 11 is 0. The number of hydrogen-bond donors (Lipinski definition) is 2. The van der Waals surface area contributed by atoms with Crippen LogP contribution in [0.1, 0.15) is 51.4 Å². The number of anilines is 1. The van der Waals surface area contributed by atoms with Crippen LogP contribution < -0.4 is 10.2 Å². The summed E-state index contributed by atoms with van der Waals surface area (Å²) in [5.74, 6) is 1.41. The second-order valence-corrected chi connectivity index (χ2v) is 8.21. The predicted octanol–water partition coefficient (Wildman–Crippen LogP) is 4.27. The maximum absolute atomic E-state index is 13.1. The van der Waals surface area contributed by atoms with E-state index in [1.807, 2.05) is 6.07 Å². The maximum atomic E-state index is 13.1. The summed E-state index contributed by atoms with van der Waals surface area (Å²) < 4.78 is 13.1. The Morgan fingerprint density at radius 3 is 2.71 bits per heavy atom. The summed E-state index contributed by atoms with van der Waals surface area (Å²) in [5.41, 5.74) is 1.79. The number of aromatic amines is 1. The lowest BCUT2D eigenvalue weighted by molar-refractivity contribution is -0.123. The van der Waals surface area contributed by atoms with Crippen molar-refractivity contribution in [3.8, 4) is 11.3 Å². The number of aromatic nitrogens is 2. The standard InChI is InChI=1S/C22H29FN4O/c23-18-10-8-17(9-11-18)20-14-21(26-25-20)27-12-4-7-19(15-27)24-22(28)13-16-5-2-1-3-6-16/h8-11,14,16,19H,1-7,12-13,15H2,(H,24,28)(H,25,26). The van der Waals surface area contributed by atoms with E-state index in [0.29, 0.717) is 12.3 Å². The van der Waals surface area contributed by atoms with Crippen LogP contribution in [0.4, 0.5) is 10.2 Å². The van der Waals surface area contributed by atoms with Crippen LogP contribution in [-0.2, 0) is 4.79 Å². The molecule has 2 heterocycles. The lowest BCUT2D eigenvalue weighted by Gasteiger charge is -2.33. The fraction of sp³-hybridized carbons (Fsp3) is 0.545. The Bertz CT molecular complexity index is 782. The fourth-order valence-electron chi connectivity index (χ4n) is 4.49. The minimum absolute atomic E-state index is 0.177. The number of halogens is 1. The molecule has 1 unspecified atom stereocenters. The number of H-pyrrole nitrogens is 1. The van der Waals surface area contributed by atoms with Crippen molar-refractivity contribution < 1.29 is 9.18 Å². The number of benzene rings is 1. The molecule has 5 nitrogen and oxygen atoms in total. The highest BCUT2D eigenvalue weighted by atomic mass is 19.1. The summed E-state index contributed by atoms with van der Waals surface area (Å²) in [6.07, 6.45) is 8.98. The molecule has 6 heteroatoms. The molecule has 150 valence electrons. The molecule has 1 aromatic carbocycles. The number of piperidine rings is 1. The highest BCUT2D eigenvalue weighted by molar-refractivity contribution is 5.76. The summed E-state index contributed by atoms with van der Waals surface area (Å²) in [5, 5.41) is 10.7. The van der Waals surface area contributed by atoms with Crippen molar-refractivity contribution in [1.82, 2.24) is 15.5 Å². The van der Waals surface area contributed by atoms with E-state index < -0.39 is 0 Å². The van der Waals surface area contributed by atoms with E-state index >= 15 is 0 Å². The van der Waals surface area contributed by atoms with Crippen LogP contribution in [0.5, 0.6) is 0 Å². The van der Waals surface area contributed by atoms with Crippen LogP contribution >= 0.6 is 0 Å². The molecule has 1 saturated carbocycles. The molecule has 2 fully saturated rings. The van der Waals surface area contributed by atoms with Crippen LogP contribution in [0, 0.1) is 11.7 Å². The van der Waals surface area contributed by atoms with E-state index in [1.165, 1.54) is 44.2 Å². The Hall–Kier alpha value is -2.37. The first-order chi connectivity index (χ1) is 13.7. The Labute approximate surface area is 165 Å². The van der Waals surface area contributed by atoms with Crippen molar-refractivity contribution in [2.75, 3.05) is 18.0 Å². The first-order valence-corrected chi connectivity index (χ1v) is 10.5. The van der Waals surface area contributed by atoms with Gasteiger partial charge in [0.15, 0.2) is 5.82 Å². The smallest absolute Gasteiger partial charge is 0.220 e. The molecular formula is C22H29FN4O.